The number of nitro groups is 1. The minimum absolute atomic E-state index is 0.0160. The van der Waals surface area contributed by atoms with Gasteiger partial charge in [0.05, 0.1) is 27.2 Å². The summed E-state index contributed by atoms with van der Waals surface area (Å²) in [5, 5.41) is 26.5. The lowest BCUT2D eigenvalue weighted by Crippen LogP contribution is -2.60. The Bertz CT molecular complexity index is 2820. The Labute approximate surface area is 411 Å². The second-order valence-corrected chi connectivity index (χ2v) is 23.3. The molecule has 5 aliphatic rings. The molecule has 2 aliphatic heterocycles. The van der Waals surface area contributed by atoms with E-state index in [1.165, 1.54) is 61.8 Å². The number of rotatable bonds is 14. The summed E-state index contributed by atoms with van der Waals surface area (Å²) in [7, 11) is -4.57. The molecule has 0 radical (unpaired) electrons. The van der Waals surface area contributed by atoms with E-state index in [2.05, 4.69) is 72.8 Å². The number of fused-ring (bicyclic) bond motifs is 1. The van der Waals surface area contributed by atoms with Crippen LogP contribution in [0.4, 0.5) is 17.1 Å². The molecule has 1 unspecified atom stereocenters. The molecule has 3 saturated carbocycles. The Balaban J connectivity index is 0.835. The standard InChI is InChI=1S/C54H68N8O7S/c1-36(2)44-10-6-7-11-45(44)49-35-60(39-8-4-5-9-39)26-27-61(49)41-31-54(32-41)21-24-59(25-22-54)40-12-14-46(50(29-40)69-42-28-38-18-23-55-51(38)57-34-42)52(63)58-70(67,68)43-13-15-47(48(30-43)62(65)66)56-33-37-16-19-53(3,64)20-17-37/h6-7,10-15,18,23,28-30,34,36-37,39,41,49,56,64H,4-5,8-9,16-17,19-22,24-27,31-33,35H2,1-3H3,(H,55,57)(H,58,63)/t37-,49?,53-. The van der Waals surface area contributed by atoms with Crippen LogP contribution in [-0.4, -0.2) is 101 Å². The molecular formula is C54H68N8O7S. The predicted octanol–water partition coefficient (Wildman–Crippen LogP) is 9.91. The van der Waals surface area contributed by atoms with Crippen LogP contribution in [0.2, 0.25) is 0 Å². The third-order valence-electron chi connectivity index (χ3n) is 16.5. The van der Waals surface area contributed by atoms with Crippen molar-refractivity contribution in [1.82, 2.24) is 24.5 Å². The number of piperidine rings is 1. The van der Waals surface area contributed by atoms with Crippen molar-refractivity contribution in [1.29, 1.82) is 0 Å². The van der Waals surface area contributed by atoms with Crippen LogP contribution < -0.4 is 19.7 Å². The largest absolute Gasteiger partial charge is 0.455 e. The van der Waals surface area contributed by atoms with Gasteiger partial charge in [-0.25, -0.2) is 18.1 Å². The zero-order valence-corrected chi connectivity index (χ0v) is 41.6. The summed E-state index contributed by atoms with van der Waals surface area (Å²) in [5.74, 6) is 0.263. The number of H-pyrrole nitrogens is 1. The maximum atomic E-state index is 14.1. The van der Waals surface area contributed by atoms with Crippen LogP contribution in [0.15, 0.2) is 90.1 Å². The van der Waals surface area contributed by atoms with Crippen LogP contribution in [-0.2, 0) is 10.0 Å². The number of aromatic nitrogens is 2. The van der Waals surface area contributed by atoms with Crippen LogP contribution >= 0.6 is 0 Å². The zero-order chi connectivity index (χ0) is 48.8. The van der Waals surface area contributed by atoms with Gasteiger partial charge in [0.25, 0.3) is 21.6 Å². The number of anilines is 2. The van der Waals surface area contributed by atoms with Crippen molar-refractivity contribution < 1.29 is 28.0 Å². The summed E-state index contributed by atoms with van der Waals surface area (Å²) < 4.78 is 36.2. The molecule has 4 N–H and O–H groups in total. The van der Waals surface area contributed by atoms with Crippen LogP contribution in [0.25, 0.3) is 11.0 Å². The van der Waals surface area contributed by atoms with E-state index in [1.807, 2.05) is 19.1 Å². The summed E-state index contributed by atoms with van der Waals surface area (Å²) in [6.45, 7) is 11.9. The number of aliphatic hydroxyl groups is 1. The molecule has 70 heavy (non-hydrogen) atoms. The third kappa shape index (κ3) is 10.1. The predicted molar refractivity (Wildman–Crippen MR) is 272 cm³/mol. The number of nitro benzene ring substituents is 1. The first-order chi connectivity index (χ1) is 33.6. The molecule has 10 rings (SSSR count). The Morgan fingerprint density at radius 3 is 2.44 bits per heavy atom. The maximum absolute atomic E-state index is 14.1. The van der Waals surface area contributed by atoms with Gasteiger partial charge < -0.3 is 25.0 Å². The number of carbonyl (C=O) groups is 1. The summed E-state index contributed by atoms with van der Waals surface area (Å²) in [6, 6.07) is 23.3. The fourth-order valence-corrected chi connectivity index (χ4v) is 13.3. The molecule has 2 aromatic heterocycles. The van der Waals surface area contributed by atoms with Gasteiger partial charge in [0.15, 0.2) is 0 Å². The number of sulfonamides is 1. The van der Waals surface area contributed by atoms with Crippen LogP contribution in [0, 0.1) is 21.4 Å². The van der Waals surface area contributed by atoms with Gasteiger partial charge in [-0.2, -0.15) is 0 Å². The molecule has 16 heteroatoms. The Kier molecular flexibility index (Phi) is 13.4. The number of nitrogens with one attached hydrogen (secondary N) is 3. The lowest BCUT2D eigenvalue weighted by atomic mass is 9.59. The van der Waals surface area contributed by atoms with E-state index in [0.29, 0.717) is 54.8 Å². The van der Waals surface area contributed by atoms with E-state index < -0.39 is 37.0 Å². The van der Waals surface area contributed by atoms with Gasteiger partial charge in [-0.1, -0.05) is 51.0 Å². The average molecular weight is 973 g/mol. The Hall–Kier alpha value is -5.55. The number of aromatic amines is 1. The maximum Gasteiger partial charge on any atom is 0.293 e. The molecule has 3 aromatic carbocycles. The number of carbonyl (C=O) groups excluding carboxylic acids is 1. The fraction of sp³-hybridized carbons (Fsp3) is 0.519. The minimum atomic E-state index is -4.57. The topological polar surface area (TPSA) is 186 Å². The first-order valence-corrected chi connectivity index (χ1v) is 27.0. The van der Waals surface area contributed by atoms with Crippen molar-refractivity contribution in [2.75, 3.05) is 49.5 Å². The van der Waals surface area contributed by atoms with Crippen molar-refractivity contribution in [3.63, 3.8) is 0 Å². The van der Waals surface area contributed by atoms with E-state index in [-0.39, 0.29) is 28.3 Å². The van der Waals surface area contributed by atoms with Gasteiger partial charge in [0.1, 0.15) is 22.8 Å². The minimum Gasteiger partial charge on any atom is -0.455 e. The van der Waals surface area contributed by atoms with Crippen molar-refractivity contribution in [2.45, 2.75) is 132 Å². The van der Waals surface area contributed by atoms with Crippen LogP contribution in [0.1, 0.15) is 131 Å². The monoisotopic (exact) mass is 972 g/mol. The van der Waals surface area contributed by atoms with Gasteiger partial charge in [0, 0.05) is 86.8 Å². The number of pyridine rings is 1. The van der Waals surface area contributed by atoms with E-state index in [9.17, 15) is 28.4 Å². The molecule has 372 valence electrons. The summed E-state index contributed by atoms with van der Waals surface area (Å²) >= 11 is 0. The average Bonchev–Trinajstić information content (AvgIpc) is 4.06. The van der Waals surface area contributed by atoms with Gasteiger partial charge in [-0.15, -0.1) is 0 Å². The van der Waals surface area contributed by atoms with Crippen molar-refractivity contribution in [3.05, 3.63) is 112 Å². The summed E-state index contributed by atoms with van der Waals surface area (Å²) in [4.78, 5) is 40.8. The second kappa shape index (κ2) is 19.6. The van der Waals surface area contributed by atoms with Gasteiger partial charge in [0.2, 0.25) is 0 Å². The fourth-order valence-electron chi connectivity index (χ4n) is 12.4. The van der Waals surface area contributed by atoms with Crippen molar-refractivity contribution in [2.24, 2.45) is 11.3 Å². The third-order valence-corrected chi connectivity index (χ3v) is 17.9. The van der Waals surface area contributed by atoms with Crippen molar-refractivity contribution >= 4 is 44.0 Å². The SMILES string of the molecule is CC(C)c1ccccc1C1CN(C2CCCC2)CCN1C1CC2(CCN(c3ccc(C(=O)NS(=O)(=O)c4ccc(NC[C@H]5CC[C@](C)(O)CC5)c([N+](=O)[O-])c4)c(Oc4cnc5[nH]ccc5c4)c3)CC2)C1. The number of hydrogen-bond donors (Lipinski definition) is 4. The summed E-state index contributed by atoms with van der Waals surface area (Å²) in [5.41, 5.74) is 3.81. The number of nitrogens with zero attached hydrogens (tertiary/aromatic N) is 5. The van der Waals surface area contributed by atoms with E-state index in [0.717, 1.165) is 75.5 Å². The second-order valence-electron chi connectivity index (χ2n) is 21.6. The number of benzene rings is 3. The van der Waals surface area contributed by atoms with Gasteiger partial charge >= 0.3 is 0 Å². The van der Waals surface area contributed by atoms with Crippen LogP contribution in [0.5, 0.6) is 11.5 Å². The quantitative estimate of drug-likeness (QED) is 0.0611. The zero-order valence-electron chi connectivity index (χ0n) is 40.7. The molecule has 3 aliphatic carbocycles. The lowest BCUT2D eigenvalue weighted by Gasteiger charge is -2.58. The highest BCUT2D eigenvalue weighted by Crippen LogP contribution is 2.54. The highest BCUT2D eigenvalue weighted by molar-refractivity contribution is 7.90. The molecule has 0 bridgehead atoms. The molecular weight excluding hydrogens is 905 g/mol. The molecule has 4 heterocycles. The van der Waals surface area contributed by atoms with Gasteiger partial charge in [-0.05, 0) is 136 Å². The lowest BCUT2D eigenvalue weighted by molar-refractivity contribution is -0.384. The molecule has 2 saturated heterocycles. The Morgan fingerprint density at radius 2 is 1.70 bits per heavy atom. The molecule has 1 spiro atoms. The summed E-state index contributed by atoms with van der Waals surface area (Å²) in [6.07, 6.45) is 16.0. The first kappa shape index (κ1) is 48.1. The molecule has 5 fully saturated rings. The highest BCUT2D eigenvalue weighted by Gasteiger charge is 2.50. The van der Waals surface area contributed by atoms with E-state index in [1.54, 1.807) is 30.6 Å². The van der Waals surface area contributed by atoms with Crippen molar-refractivity contribution in [3.8, 4) is 11.5 Å². The number of hydrogen-bond acceptors (Lipinski definition) is 12. The first-order valence-electron chi connectivity index (χ1n) is 25.5. The molecule has 5 aromatic rings. The number of amides is 1. The Morgan fingerprint density at radius 1 is 0.943 bits per heavy atom. The normalized spacial score (nSPS) is 23.7. The molecule has 15 nitrogen and oxygen atoms in total. The number of ether oxygens (including phenoxy) is 1. The highest BCUT2D eigenvalue weighted by atomic mass is 32.2. The van der Waals surface area contributed by atoms with Gasteiger partial charge in [-0.3, -0.25) is 24.7 Å². The van der Waals surface area contributed by atoms with Crippen LogP contribution in [0.3, 0.4) is 0 Å². The van der Waals surface area contributed by atoms with E-state index in [4.69, 9.17) is 4.74 Å². The molecule has 1 amide bonds. The van der Waals surface area contributed by atoms with E-state index >= 15 is 0 Å². The smallest absolute Gasteiger partial charge is 0.293 e. The number of piperazine rings is 1. The molecule has 1 atom stereocenters.